The fourth-order valence-corrected chi connectivity index (χ4v) is 5.20. The van der Waals surface area contributed by atoms with Crippen LogP contribution in [0.15, 0.2) is 55.0 Å². The highest BCUT2D eigenvalue weighted by Gasteiger charge is 2.39. The molecular weight excluding hydrogens is 545 g/mol. The number of hydrogen-bond donors (Lipinski definition) is 1. The second-order valence-corrected chi connectivity index (χ2v) is 10.1. The Morgan fingerprint density at radius 2 is 1.89 bits per heavy atom. The van der Waals surface area contributed by atoms with Crippen LogP contribution in [0.4, 0.5) is 17.6 Å². The highest BCUT2D eigenvalue weighted by Crippen LogP contribution is 2.36. The van der Waals surface area contributed by atoms with Crippen molar-refractivity contribution in [3.8, 4) is 0 Å². The van der Waals surface area contributed by atoms with Gasteiger partial charge in [-0.2, -0.15) is 13.2 Å². The number of hydrogen-bond acceptors (Lipinski definition) is 4. The Hall–Kier alpha value is -3.21. The molecule has 2 unspecified atom stereocenters. The molecule has 1 saturated heterocycles. The number of carbonyl (C=O) groups excluding carboxylic acids is 1. The van der Waals surface area contributed by atoms with E-state index in [1.54, 1.807) is 30.1 Å². The van der Waals surface area contributed by atoms with Gasteiger partial charge >= 0.3 is 6.18 Å². The van der Waals surface area contributed by atoms with Crippen LogP contribution in [0.5, 0.6) is 0 Å². The summed E-state index contributed by atoms with van der Waals surface area (Å²) < 4.78 is 53.2. The van der Waals surface area contributed by atoms with E-state index in [9.17, 15) is 22.4 Å². The van der Waals surface area contributed by atoms with Crippen molar-refractivity contribution in [2.45, 2.75) is 24.7 Å². The van der Waals surface area contributed by atoms with Gasteiger partial charge in [-0.3, -0.25) is 9.69 Å². The molecule has 0 bridgehead atoms. The van der Waals surface area contributed by atoms with E-state index in [-0.39, 0.29) is 24.4 Å². The minimum Gasteiger partial charge on any atom is -0.343 e. The summed E-state index contributed by atoms with van der Waals surface area (Å²) in [7, 11) is 1.79. The normalized spacial score (nSPS) is 18.1. The van der Waals surface area contributed by atoms with Crippen LogP contribution in [0.25, 0.3) is 11.2 Å². The van der Waals surface area contributed by atoms with Gasteiger partial charge in [0.2, 0.25) is 0 Å². The summed E-state index contributed by atoms with van der Waals surface area (Å²) in [5.41, 5.74) is 1.45. The number of aromatic nitrogens is 3. The minimum atomic E-state index is -4.77. The first kappa shape index (κ1) is 26.4. The monoisotopic (exact) mass is 565 g/mol. The molecule has 6 nitrogen and oxygen atoms in total. The van der Waals surface area contributed by atoms with Crippen LogP contribution in [0.3, 0.4) is 0 Å². The molecule has 0 spiro atoms. The molecule has 1 aliphatic heterocycles. The predicted octanol–water partition coefficient (Wildman–Crippen LogP) is 6.16. The summed E-state index contributed by atoms with van der Waals surface area (Å²) in [6.45, 7) is 0.847. The molecule has 1 N–H and O–H groups in total. The third-order valence-electron chi connectivity index (χ3n) is 6.81. The molecule has 1 fully saturated rings. The van der Waals surface area contributed by atoms with Crippen LogP contribution >= 0.6 is 23.2 Å². The molecule has 1 aliphatic rings. The van der Waals surface area contributed by atoms with Crippen molar-refractivity contribution < 1.29 is 22.4 Å². The van der Waals surface area contributed by atoms with Crippen molar-refractivity contribution in [1.82, 2.24) is 24.8 Å². The molecule has 12 heteroatoms. The van der Waals surface area contributed by atoms with E-state index in [1.807, 2.05) is 11.0 Å². The number of nitrogens with one attached hydrogen (secondary N) is 1. The molecule has 5 rings (SSSR count). The lowest BCUT2D eigenvalue weighted by Crippen LogP contribution is -2.38. The number of likely N-dealkylation sites (N-methyl/N-ethyl adjacent to an activating group) is 1. The molecule has 3 heterocycles. The molecule has 2 aromatic carbocycles. The fraction of sp³-hybridized carbons (Fsp3) is 0.269. The van der Waals surface area contributed by atoms with E-state index in [0.717, 1.165) is 17.7 Å². The molecule has 4 aromatic rings. The van der Waals surface area contributed by atoms with E-state index in [4.69, 9.17) is 23.2 Å². The maximum Gasteiger partial charge on any atom is 0.419 e. The van der Waals surface area contributed by atoms with Gasteiger partial charge in [-0.05, 0) is 48.5 Å². The van der Waals surface area contributed by atoms with Crippen LogP contribution in [0.1, 0.15) is 33.0 Å². The highest BCUT2D eigenvalue weighted by atomic mass is 35.5. The van der Waals surface area contributed by atoms with E-state index >= 15 is 0 Å². The standard InChI is InChI=1S/C26H21Cl2F4N5O/c1-36(10-14-2-4-18(21(29)6-14)26(30,31)32)23-12-37(11-17(23)15-3-5-19(27)20(28)7-15)25(38)16-8-22-24(33-9-16)35-13-34-22/h2-9,13,17,23H,10-12H2,1H3,(H,33,34,35). The molecule has 38 heavy (non-hydrogen) atoms. The van der Waals surface area contributed by atoms with Gasteiger partial charge in [-0.1, -0.05) is 35.3 Å². The maximum absolute atomic E-state index is 14.2. The van der Waals surface area contributed by atoms with Crippen molar-refractivity contribution in [2.24, 2.45) is 0 Å². The van der Waals surface area contributed by atoms with Gasteiger partial charge in [0.1, 0.15) is 5.82 Å². The lowest BCUT2D eigenvalue weighted by Gasteiger charge is -2.29. The summed E-state index contributed by atoms with van der Waals surface area (Å²) in [5.74, 6) is -1.74. The summed E-state index contributed by atoms with van der Waals surface area (Å²) in [6, 6.07) is 9.62. The Kier molecular flexibility index (Phi) is 7.06. The second kappa shape index (κ2) is 10.2. The number of likely N-dealkylation sites (tertiary alicyclic amines) is 1. The lowest BCUT2D eigenvalue weighted by molar-refractivity contribution is -0.140. The Bertz CT molecular complexity index is 1510. The van der Waals surface area contributed by atoms with Crippen LogP contribution in [-0.2, 0) is 12.7 Å². The first-order valence-corrected chi connectivity index (χ1v) is 12.4. The number of alkyl halides is 3. The van der Waals surface area contributed by atoms with Gasteiger partial charge < -0.3 is 9.88 Å². The van der Waals surface area contributed by atoms with Crippen LogP contribution in [0.2, 0.25) is 10.0 Å². The Labute approximate surface area is 225 Å². The molecule has 0 radical (unpaired) electrons. The third kappa shape index (κ3) is 5.21. The van der Waals surface area contributed by atoms with Gasteiger partial charge in [0.05, 0.1) is 33.0 Å². The number of imidazole rings is 1. The number of amides is 1. The van der Waals surface area contributed by atoms with Gasteiger partial charge in [-0.25, -0.2) is 14.4 Å². The van der Waals surface area contributed by atoms with Crippen molar-refractivity contribution in [2.75, 3.05) is 20.1 Å². The first-order valence-electron chi connectivity index (χ1n) is 11.6. The Morgan fingerprint density at radius 1 is 1.11 bits per heavy atom. The van der Waals surface area contributed by atoms with Crippen molar-refractivity contribution in [3.05, 3.63) is 93.1 Å². The summed E-state index contributed by atoms with van der Waals surface area (Å²) in [5, 5.41) is 0.763. The average Bonchev–Trinajstić information content (AvgIpc) is 3.51. The molecule has 1 amide bonds. The summed E-state index contributed by atoms with van der Waals surface area (Å²) in [4.78, 5) is 28.3. The smallest absolute Gasteiger partial charge is 0.343 e. The molecule has 2 atom stereocenters. The number of benzene rings is 2. The molecule has 0 aliphatic carbocycles. The molecular formula is C26H21Cl2F4N5O. The van der Waals surface area contributed by atoms with E-state index in [0.29, 0.717) is 45.4 Å². The van der Waals surface area contributed by atoms with Crippen LogP contribution < -0.4 is 0 Å². The highest BCUT2D eigenvalue weighted by molar-refractivity contribution is 6.42. The number of H-pyrrole nitrogens is 1. The number of pyridine rings is 1. The zero-order chi connectivity index (χ0) is 27.2. The molecule has 0 saturated carbocycles. The second-order valence-electron chi connectivity index (χ2n) is 9.28. The first-order chi connectivity index (χ1) is 18.0. The number of nitrogens with zero attached hydrogens (tertiary/aromatic N) is 4. The summed E-state index contributed by atoms with van der Waals surface area (Å²) in [6.07, 6.45) is -1.80. The lowest BCUT2D eigenvalue weighted by atomic mass is 9.93. The van der Waals surface area contributed by atoms with Gasteiger partial charge in [0.25, 0.3) is 5.91 Å². The molecule has 2 aromatic heterocycles. The number of fused-ring (bicyclic) bond motifs is 1. The fourth-order valence-electron chi connectivity index (χ4n) is 4.89. The van der Waals surface area contributed by atoms with E-state index in [1.165, 1.54) is 18.6 Å². The van der Waals surface area contributed by atoms with E-state index < -0.39 is 17.6 Å². The number of carbonyl (C=O) groups is 1. The van der Waals surface area contributed by atoms with Gasteiger partial charge in [0, 0.05) is 37.8 Å². The number of halogens is 6. The number of rotatable bonds is 5. The van der Waals surface area contributed by atoms with Gasteiger partial charge in [-0.15, -0.1) is 0 Å². The molecule has 198 valence electrons. The third-order valence-corrected chi connectivity index (χ3v) is 7.54. The average molecular weight is 566 g/mol. The predicted molar refractivity (Wildman–Crippen MR) is 136 cm³/mol. The number of aromatic amines is 1. The van der Waals surface area contributed by atoms with Crippen molar-refractivity contribution in [1.29, 1.82) is 0 Å². The largest absolute Gasteiger partial charge is 0.419 e. The quantitative estimate of drug-likeness (QED) is 0.294. The van der Waals surface area contributed by atoms with Crippen molar-refractivity contribution in [3.63, 3.8) is 0 Å². The van der Waals surface area contributed by atoms with Crippen molar-refractivity contribution >= 4 is 40.3 Å². The van der Waals surface area contributed by atoms with Gasteiger partial charge in [0.15, 0.2) is 5.65 Å². The minimum absolute atomic E-state index is 0.168. The SMILES string of the molecule is CN(Cc1ccc(C(F)(F)F)c(F)c1)C1CN(C(=O)c2cnc3nc[nH]c3c2)CC1c1ccc(Cl)c(Cl)c1. The Balaban J connectivity index is 1.42. The Morgan fingerprint density at radius 3 is 2.61 bits per heavy atom. The zero-order valence-electron chi connectivity index (χ0n) is 19.9. The maximum atomic E-state index is 14.2. The van der Waals surface area contributed by atoms with Crippen LogP contribution in [-0.4, -0.2) is 56.8 Å². The zero-order valence-corrected chi connectivity index (χ0v) is 21.4. The van der Waals surface area contributed by atoms with E-state index in [2.05, 4.69) is 15.0 Å². The van der Waals surface area contributed by atoms with Crippen LogP contribution in [0, 0.1) is 5.82 Å². The summed E-state index contributed by atoms with van der Waals surface area (Å²) >= 11 is 12.4. The topological polar surface area (TPSA) is 65.1 Å².